The van der Waals surface area contributed by atoms with Gasteiger partial charge >= 0.3 is 6.18 Å². The first kappa shape index (κ1) is 18.3. The Balaban J connectivity index is 1.79. The summed E-state index contributed by atoms with van der Waals surface area (Å²) in [5, 5.41) is 3.67. The van der Waals surface area contributed by atoms with E-state index in [1.807, 2.05) is 0 Å². The number of carbonyl (C=O) groups excluding carboxylic acids is 1. The summed E-state index contributed by atoms with van der Waals surface area (Å²) in [6.45, 7) is -0.253. The number of rotatable bonds is 6. The van der Waals surface area contributed by atoms with Crippen molar-refractivity contribution in [1.29, 1.82) is 0 Å². The molecule has 2 rings (SSSR count). The van der Waals surface area contributed by atoms with E-state index in [4.69, 9.17) is 9.47 Å². The Morgan fingerprint density at radius 2 is 1.68 bits per heavy atom. The van der Waals surface area contributed by atoms with E-state index in [-0.39, 0.29) is 6.61 Å². The van der Waals surface area contributed by atoms with Crippen molar-refractivity contribution in [2.75, 3.05) is 13.7 Å². The van der Waals surface area contributed by atoms with Crippen molar-refractivity contribution in [3.05, 3.63) is 59.7 Å². The van der Waals surface area contributed by atoms with E-state index in [0.29, 0.717) is 17.1 Å². The third-order valence-electron chi connectivity index (χ3n) is 3.07. The van der Waals surface area contributed by atoms with Crippen LogP contribution in [0.25, 0.3) is 0 Å². The summed E-state index contributed by atoms with van der Waals surface area (Å²) < 4.78 is 47.6. The average molecular weight is 352 g/mol. The Kier molecular flexibility index (Phi) is 5.99. The van der Waals surface area contributed by atoms with Gasteiger partial charge in [0.15, 0.2) is 6.61 Å². The second kappa shape index (κ2) is 8.18. The molecule has 2 aromatic rings. The van der Waals surface area contributed by atoms with E-state index in [9.17, 15) is 18.0 Å². The van der Waals surface area contributed by atoms with Crippen LogP contribution in [0.4, 0.5) is 13.2 Å². The minimum atomic E-state index is -4.39. The summed E-state index contributed by atoms with van der Waals surface area (Å²) in [7, 11) is 1.54. The number of benzene rings is 2. The van der Waals surface area contributed by atoms with E-state index < -0.39 is 17.6 Å². The van der Waals surface area contributed by atoms with Crippen LogP contribution < -0.4 is 14.9 Å². The fraction of sp³-hybridized carbons (Fsp3) is 0.176. The molecule has 8 heteroatoms. The van der Waals surface area contributed by atoms with Crippen LogP contribution in [-0.4, -0.2) is 25.8 Å². The minimum Gasteiger partial charge on any atom is -0.497 e. The van der Waals surface area contributed by atoms with Gasteiger partial charge in [-0.15, -0.1) is 0 Å². The second-order valence-electron chi connectivity index (χ2n) is 4.88. The van der Waals surface area contributed by atoms with Gasteiger partial charge in [0, 0.05) is 0 Å². The summed E-state index contributed by atoms with van der Waals surface area (Å²) in [5.41, 5.74) is 1.90. The molecule has 1 amide bonds. The summed E-state index contributed by atoms with van der Waals surface area (Å²) in [5.74, 6) is 0.652. The number of amides is 1. The number of alkyl halides is 3. The first-order chi connectivity index (χ1) is 11.9. The van der Waals surface area contributed by atoms with Crippen LogP contribution in [0.3, 0.4) is 0 Å². The molecule has 0 aliphatic heterocycles. The lowest BCUT2D eigenvalue weighted by Crippen LogP contribution is -2.24. The Hall–Kier alpha value is -3.03. The molecule has 0 aliphatic carbocycles. The van der Waals surface area contributed by atoms with Crippen LogP contribution in [0.2, 0.25) is 0 Å². The highest BCUT2D eigenvalue weighted by Gasteiger charge is 2.29. The largest absolute Gasteiger partial charge is 0.497 e. The summed E-state index contributed by atoms with van der Waals surface area (Å²) in [6.07, 6.45) is -3.14. The third kappa shape index (κ3) is 5.83. The third-order valence-corrected chi connectivity index (χ3v) is 3.07. The van der Waals surface area contributed by atoms with Gasteiger partial charge in [-0.1, -0.05) is 12.1 Å². The number of hydrazone groups is 1. The number of nitrogens with zero attached hydrogens (tertiary/aromatic N) is 1. The number of hydrogen-bond donors (Lipinski definition) is 1. The molecule has 0 fully saturated rings. The van der Waals surface area contributed by atoms with Gasteiger partial charge in [-0.2, -0.15) is 18.3 Å². The smallest absolute Gasteiger partial charge is 0.416 e. The maximum atomic E-state index is 12.4. The maximum absolute atomic E-state index is 12.4. The lowest BCUT2D eigenvalue weighted by molar-refractivity contribution is -0.137. The van der Waals surface area contributed by atoms with Crippen LogP contribution in [0.1, 0.15) is 11.1 Å². The van der Waals surface area contributed by atoms with Crippen molar-refractivity contribution >= 4 is 12.1 Å². The number of ether oxygens (including phenoxy) is 2. The average Bonchev–Trinajstić information content (AvgIpc) is 2.60. The molecule has 2 aromatic carbocycles. The molecule has 0 spiro atoms. The molecule has 0 aromatic heterocycles. The zero-order valence-electron chi connectivity index (χ0n) is 13.2. The minimum absolute atomic E-state index is 0.253. The van der Waals surface area contributed by atoms with E-state index in [2.05, 4.69) is 10.5 Å². The number of carbonyl (C=O) groups is 1. The van der Waals surface area contributed by atoms with Crippen LogP contribution in [0, 0.1) is 0 Å². The van der Waals surface area contributed by atoms with E-state index in [1.165, 1.54) is 25.5 Å². The van der Waals surface area contributed by atoms with E-state index in [1.54, 1.807) is 24.3 Å². The summed E-state index contributed by atoms with van der Waals surface area (Å²) in [6, 6.07) is 11.1. The molecule has 0 bridgehead atoms. The standard InChI is InChI=1S/C17H15F3N2O3/c1-24-14-6-8-15(9-7-14)25-11-16(23)22-21-10-12-2-4-13(5-3-12)17(18,19)20/h2-10H,11H2,1H3,(H,22,23)/b21-10+. The molecule has 0 radical (unpaired) electrons. The quantitative estimate of drug-likeness (QED) is 0.641. The van der Waals surface area contributed by atoms with Gasteiger partial charge in [0.2, 0.25) is 0 Å². The van der Waals surface area contributed by atoms with Crippen molar-refractivity contribution in [2.45, 2.75) is 6.18 Å². The molecular weight excluding hydrogens is 337 g/mol. The van der Waals surface area contributed by atoms with Gasteiger partial charge in [0.05, 0.1) is 18.9 Å². The highest BCUT2D eigenvalue weighted by molar-refractivity contribution is 5.82. The second-order valence-corrected chi connectivity index (χ2v) is 4.88. The van der Waals surface area contributed by atoms with Gasteiger partial charge in [0.25, 0.3) is 5.91 Å². The molecule has 0 saturated carbocycles. The van der Waals surface area contributed by atoms with Crippen molar-refractivity contribution in [3.63, 3.8) is 0 Å². The lowest BCUT2D eigenvalue weighted by Gasteiger charge is -2.06. The first-order valence-electron chi connectivity index (χ1n) is 7.14. The summed E-state index contributed by atoms with van der Waals surface area (Å²) in [4.78, 5) is 11.6. The van der Waals surface area contributed by atoms with Gasteiger partial charge in [-0.25, -0.2) is 5.43 Å². The SMILES string of the molecule is COc1ccc(OCC(=O)N/N=C/c2ccc(C(F)(F)F)cc2)cc1. The van der Waals surface area contributed by atoms with Crippen molar-refractivity contribution in [1.82, 2.24) is 5.43 Å². The van der Waals surface area contributed by atoms with Crippen molar-refractivity contribution in [2.24, 2.45) is 5.10 Å². The van der Waals surface area contributed by atoms with Gasteiger partial charge < -0.3 is 9.47 Å². The predicted octanol–water partition coefficient (Wildman–Crippen LogP) is 3.24. The molecular formula is C17H15F3N2O3. The number of hydrogen-bond acceptors (Lipinski definition) is 4. The fourth-order valence-corrected chi connectivity index (χ4v) is 1.79. The highest BCUT2D eigenvalue weighted by atomic mass is 19.4. The van der Waals surface area contributed by atoms with Crippen molar-refractivity contribution < 1.29 is 27.4 Å². The molecule has 25 heavy (non-hydrogen) atoms. The lowest BCUT2D eigenvalue weighted by atomic mass is 10.1. The topological polar surface area (TPSA) is 59.9 Å². The monoisotopic (exact) mass is 352 g/mol. The molecule has 5 nitrogen and oxygen atoms in total. The van der Waals surface area contributed by atoms with E-state index in [0.717, 1.165) is 12.1 Å². The Morgan fingerprint density at radius 1 is 1.08 bits per heavy atom. The van der Waals surface area contributed by atoms with Gasteiger partial charge in [-0.3, -0.25) is 4.79 Å². The van der Waals surface area contributed by atoms with Gasteiger partial charge in [0.1, 0.15) is 11.5 Å². The predicted molar refractivity (Wildman–Crippen MR) is 85.7 cm³/mol. The van der Waals surface area contributed by atoms with Gasteiger partial charge in [-0.05, 0) is 42.0 Å². The zero-order valence-corrected chi connectivity index (χ0v) is 13.2. The molecule has 0 heterocycles. The molecule has 0 saturated heterocycles. The first-order valence-corrected chi connectivity index (χ1v) is 7.14. The molecule has 0 atom stereocenters. The van der Waals surface area contributed by atoms with Crippen LogP contribution in [-0.2, 0) is 11.0 Å². The zero-order chi connectivity index (χ0) is 18.3. The number of nitrogens with one attached hydrogen (secondary N) is 1. The molecule has 132 valence electrons. The maximum Gasteiger partial charge on any atom is 0.416 e. The number of methoxy groups -OCH3 is 1. The van der Waals surface area contributed by atoms with E-state index >= 15 is 0 Å². The number of halogens is 3. The Labute approximate surface area is 142 Å². The normalized spacial score (nSPS) is 11.4. The van der Waals surface area contributed by atoms with Crippen LogP contribution >= 0.6 is 0 Å². The van der Waals surface area contributed by atoms with Crippen molar-refractivity contribution in [3.8, 4) is 11.5 Å². The molecule has 0 aliphatic rings. The molecule has 1 N–H and O–H groups in total. The Morgan fingerprint density at radius 3 is 2.24 bits per heavy atom. The highest BCUT2D eigenvalue weighted by Crippen LogP contribution is 2.28. The Bertz CT molecular complexity index is 726. The van der Waals surface area contributed by atoms with Crippen LogP contribution in [0.5, 0.6) is 11.5 Å². The summed E-state index contributed by atoms with van der Waals surface area (Å²) >= 11 is 0. The fourth-order valence-electron chi connectivity index (χ4n) is 1.79. The van der Waals surface area contributed by atoms with Crippen LogP contribution in [0.15, 0.2) is 53.6 Å². The molecule has 0 unspecified atom stereocenters.